The van der Waals surface area contributed by atoms with Crippen molar-refractivity contribution in [1.82, 2.24) is 9.97 Å². The molecule has 18 heavy (non-hydrogen) atoms. The van der Waals surface area contributed by atoms with Crippen LogP contribution >= 0.6 is 38.9 Å². The van der Waals surface area contributed by atoms with E-state index in [1.165, 1.54) is 17.4 Å². The van der Waals surface area contributed by atoms with Crippen LogP contribution in [-0.4, -0.2) is 9.97 Å². The van der Waals surface area contributed by atoms with E-state index < -0.39 is 0 Å². The number of thiazole rings is 1. The Morgan fingerprint density at radius 3 is 2.83 bits per heavy atom. The van der Waals surface area contributed by atoms with E-state index in [0.717, 1.165) is 14.7 Å². The molecule has 0 saturated carbocycles. The summed E-state index contributed by atoms with van der Waals surface area (Å²) in [6.45, 7) is 0. The van der Waals surface area contributed by atoms with Gasteiger partial charge in [-0.1, -0.05) is 17.7 Å². The lowest BCUT2D eigenvalue weighted by Gasteiger charge is -2.00. The van der Waals surface area contributed by atoms with Gasteiger partial charge in [0.05, 0.1) is 25.3 Å². The normalized spacial score (nSPS) is 11.1. The number of hydrogen-bond donors (Lipinski definition) is 0. The second-order valence-corrected chi connectivity index (χ2v) is 5.88. The van der Waals surface area contributed by atoms with Crippen LogP contribution in [0, 0.1) is 5.82 Å². The molecule has 0 aliphatic heterocycles. The molecule has 0 atom stereocenters. The fourth-order valence-corrected chi connectivity index (χ4v) is 3.51. The fourth-order valence-electron chi connectivity index (χ4n) is 1.63. The molecule has 0 N–H and O–H groups in total. The maximum atomic E-state index is 13.8. The molecule has 0 unspecified atom stereocenters. The lowest BCUT2D eigenvalue weighted by Crippen LogP contribution is -1.84. The number of benzene rings is 1. The average molecular weight is 344 g/mol. The zero-order chi connectivity index (χ0) is 12.7. The Hall–Kier alpha value is -1.04. The monoisotopic (exact) mass is 342 g/mol. The molecule has 0 amide bonds. The Balaban J connectivity index is 2.30. The van der Waals surface area contributed by atoms with Gasteiger partial charge in [0.1, 0.15) is 10.8 Å². The minimum Gasteiger partial charge on any atom is -0.262 e. The third-order valence-corrected chi connectivity index (χ3v) is 4.34. The van der Waals surface area contributed by atoms with Gasteiger partial charge in [0.15, 0.2) is 0 Å². The van der Waals surface area contributed by atoms with Gasteiger partial charge in [-0.2, -0.15) is 0 Å². The average Bonchev–Trinajstić information content (AvgIpc) is 2.74. The first-order valence-electron chi connectivity index (χ1n) is 5.01. The highest BCUT2D eigenvalue weighted by Crippen LogP contribution is 2.37. The molecular weight excluding hydrogens is 339 g/mol. The van der Waals surface area contributed by atoms with E-state index in [2.05, 4.69) is 25.9 Å². The maximum absolute atomic E-state index is 13.8. The van der Waals surface area contributed by atoms with E-state index in [9.17, 15) is 4.39 Å². The van der Waals surface area contributed by atoms with Crippen molar-refractivity contribution in [1.29, 1.82) is 0 Å². The van der Waals surface area contributed by atoms with Gasteiger partial charge in [-0.25, -0.2) is 9.37 Å². The first-order chi connectivity index (χ1) is 8.66. The number of pyridine rings is 1. The molecule has 0 spiro atoms. The molecule has 0 bridgehead atoms. The summed E-state index contributed by atoms with van der Waals surface area (Å²) < 4.78 is 15.5. The van der Waals surface area contributed by atoms with Crippen molar-refractivity contribution in [3.63, 3.8) is 0 Å². The van der Waals surface area contributed by atoms with Crippen LogP contribution in [0.1, 0.15) is 0 Å². The fraction of sp³-hybridized carbons (Fsp3) is 0. The number of nitrogens with zero attached hydrogens (tertiary/aromatic N) is 2. The molecule has 0 aliphatic carbocycles. The SMILES string of the molecule is Fc1cccc(Cl)c1-c1nc2c(Br)cncc2s1. The van der Waals surface area contributed by atoms with Gasteiger partial charge in [0.2, 0.25) is 0 Å². The summed E-state index contributed by atoms with van der Waals surface area (Å²) in [4.78, 5) is 8.47. The number of fused-ring (bicyclic) bond motifs is 1. The second-order valence-electron chi connectivity index (χ2n) is 3.58. The Bertz CT molecular complexity index is 724. The van der Waals surface area contributed by atoms with Crippen molar-refractivity contribution in [2.45, 2.75) is 0 Å². The number of rotatable bonds is 1. The Labute approximate surface area is 120 Å². The lowest BCUT2D eigenvalue weighted by atomic mass is 10.2. The molecule has 90 valence electrons. The van der Waals surface area contributed by atoms with Gasteiger partial charge in [-0.3, -0.25) is 4.98 Å². The van der Waals surface area contributed by atoms with Crippen LogP contribution in [0.15, 0.2) is 35.1 Å². The van der Waals surface area contributed by atoms with E-state index in [0.29, 0.717) is 15.6 Å². The standard InChI is InChI=1S/C12H5BrClFN2S/c13-6-4-16-5-9-11(6)17-12(18-9)10-7(14)2-1-3-8(10)15/h1-5H. The molecule has 3 aromatic rings. The molecule has 0 saturated heterocycles. The van der Waals surface area contributed by atoms with E-state index in [4.69, 9.17) is 11.6 Å². The zero-order valence-corrected chi connectivity index (χ0v) is 12.0. The van der Waals surface area contributed by atoms with Gasteiger partial charge in [-0.15, -0.1) is 11.3 Å². The molecule has 1 aromatic carbocycles. The molecule has 0 fully saturated rings. The van der Waals surface area contributed by atoms with E-state index in [1.807, 2.05) is 0 Å². The smallest absolute Gasteiger partial charge is 0.134 e. The highest BCUT2D eigenvalue weighted by atomic mass is 79.9. The largest absolute Gasteiger partial charge is 0.262 e. The molecule has 2 heterocycles. The van der Waals surface area contributed by atoms with Gasteiger partial charge >= 0.3 is 0 Å². The first kappa shape index (κ1) is 12.0. The molecule has 6 heteroatoms. The number of halogens is 3. The number of hydrogen-bond acceptors (Lipinski definition) is 3. The van der Waals surface area contributed by atoms with Crippen molar-refractivity contribution in [2.24, 2.45) is 0 Å². The Kier molecular flexibility index (Phi) is 3.05. The first-order valence-corrected chi connectivity index (χ1v) is 7.00. The summed E-state index contributed by atoms with van der Waals surface area (Å²) in [6.07, 6.45) is 3.37. The molecule has 0 aliphatic rings. The minimum absolute atomic E-state index is 0.340. The highest BCUT2D eigenvalue weighted by Gasteiger charge is 2.15. The van der Waals surface area contributed by atoms with Crippen molar-refractivity contribution in [2.75, 3.05) is 0 Å². The second kappa shape index (κ2) is 4.57. The summed E-state index contributed by atoms with van der Waals surface area (Å²) in [5.74, 6) is -0.370. The molecule has 0 radical (unpaired) electrons. The van der Waals surface area contributed by atoms with Crippen LogP contribution in [-0.2, 0) is 0 Å². The summed E-state index contributed by atoms with van der Waals surface area (Å²) in [5, 5.41) is 0.917. The van der Waals surface area contributed by atoms with Gasteiger partial charge in [0.25, 0.3) is 0 Å². The molecular formula is C12H5BrClFN2S. The van der Waals surface area contributed by atoms with Crippen LogP contribution in [0.4, 0.5) is 4.39 Å². The summed E-state index contributed by atoms with van der Waals surface area (Å²) in [6, 6.07) is 4.60. The maximum Gasteiger partial charge on any atom is 0.134 e. The Morgan fingerprint density at radius 1 is 1.28 bits per heavy atom. The van der Waals surface area contributed by atoms with E-state index in [-0.39, 0.29) is 5.82 Å². The van der Waals surface area contributed by atoms with E-state index >= 15 is 0 Å². The predicted molar refractivity (Wildman–Crippen MR) is 75.5 cm³/mol. The molecule has 2 nitrogen and oxygen atoms in total. The topological polar surface area (TPSA) is 25.8 Å². The quantitative estimate of drug-likeness (QED) is 0.627. The number of aromatic nitrogens is 2. The zero-order valence-electron chi connectivity index (χ0n) is 8.82. The van der Waals surface area contributed by atoms with Crippen LogP contribution < -0.4 is 0 Å². The third kappa shape index (κ3) is 1.92. The molecule has 2 aromatic heterocycles. The van der Waals surface area contributed by atoms with Crippen molar-refractivity contribution in [3.05, 3.63) is 45.9 Å². The third-order valence-electron chi connectivity index (χ3n) is 2.44. The van der Waals surface area contributed by atoms with E-state index in [1.54, 1.807) is 24.5 Å². The van der Waals surface area contributed by atoms with Crippen molar-refractivity contribution >= 4 is 49.1 Å². The van der Waals surface area contributed by atoms with Crippen LogP contribution in [0.2, 0.25) is 5.02 Å². The summed E-state index contributed by atoms with van der Waals surface area (Å²) >= 11 is 10.8. The van der Waals surface area contributed by atoms with Gasteiger partial charge < -0.3 is 0 Å². The van der Waals surface area contributed by atoms with Crippen molar-refractivity contribution in [3.8, 4) is 10.6 Å². The summed E-state index contributed by atoms with van der Waals surface area (Å²) in [5.41, 5.74) is 1.11. The minimum atomic E-state index is -0.370. The van der Waals surface area contributed by atoms with Crippen molar-refractivity contribution < 1.29 is 4.39 Å². The van der Waals surface area contributed by atoms with Crippen LogP contribution in [0.5, 0.6) is 0 Å². The summed E-state index contributed by atoms with van der Waals surface area (Å²) in [7, 11) is 0. The van der Waals surface area contributed by atoms with Gasteiger partial charge in [0, 0.05) is 12.4 Å². The van der Waals surface area contributed by atoms with Crippen LogP contribution in [0.3, 0.4) is 0 Å². The van der Waals surface area contributed by atoms with Gasteiger partial charge in [-0.05, 0) is 28.1 Å². The lowest BCUT2D eigenvalue weighted by molar-refractivity contribution is 0.631. The molecule has 3 rings (SSSR count). The Morgan fingerprint density at radius 2 is 2.11 bits per heavy atom. The highest BCUT2D eigenvalue weighted by molar-refractivity contribution is 9.10. The van der Waals surface area contributed by atoms with Crippen LogP contribution in [0.25, 0.3) is 20.8 Å². The predicted octanol–water partition coefficient (Wildman–Crippen LogP) is 4.91.